The number of hydrogen-bond acceptors (Lipinski definition) is 4. The summed E-state index contributed by atoms with van der Waals surface area (Å²) in [6, 6.07) is 11.4. The van der Waals surface area contributed by atoms with Crippen molar-refractivity contribution in [2.45, 2.75) is 32.7 Å². The van der Waals surface area contributed by atoms with Crippen molar-refractivity contribution in [3.05, 3.63) is 84.2 Å². The zero-order valence-electron chi connectivity index (χ0n) is 19.6. The number of amides is 1. The van der Waals surface area contributed by atoms with Crippen LogP contribution in [0.25, 0.3) is 0 Å². The molecular weight excluding hydrogens is 402 g/mol. The first-order valence-electron chi connectivity index (χ1n) is 10.8. The summed E-state index contributed by atoms with van der Waals surface area (Å²) in [6.45, 7) is 4.00. The first-order valence-corrected chi connectivity index (χ1v) is 10.8. The lowest BCUT2D eigenvalue weighted by molar-refractivity contribution is -0.115. The Bertz CT molecular complexity index is 988. The van der Waals surface area contributed by atoms with Crippen LogP contribution in [0.5, 0.6) is 0 Å². The van der Waals surface area contributed by atoms with E-state index in [0.29, 0.717) is 12.0 Å². The summed E-state index contributed by atoms with van der Waals surface area (Å²) in [6.07, 6.45) is 13.2. The summed E-state index contributed by atoms with van der Waals surface area (Å²) in [4.78, 5) is 26.9. The van der Waals surface area contributed by atoms with Crippen molar-refractivity contribution in [1.82, 2.24) is 4.68 Å². The van der Waals surface area contributed by atoms with Crippen LogP contribution in [0.1, 0.15) is 38.4 Å². The third kappa shape index (κ3) is 5.26. The van der Waals surface area contributed by atoms with Gasteiger partial charge in [-0.05, 0) is 30.7 Å². The Morgan fingerprint density at radius 3 is 2.44 bits per heavy atom. The number of hydrogen-bond donors (Lipinski definition) is 0. The second-order valence-electron chi connectivity index (χ2n) is 7.00. The van der Waals surface area contributed by atoms with Crippen LogP contribution >= 0.6 is 0 Å². The fraction of sp³-hybridized carbons (Fsp3) is 0.308. The molecule has 0 spiro atoms. The van der Waals surface area contributed by atoms with Gasteiger partial charge in [0.2, 0.25) is 0 Å². The molecular formula is C26H33N3O3. The van der Waals surface area contributed by atoms with E-state index in [2.05, 4.69) is 4.74 Å². The molecule has 0 saturated carbocycles. The molecule has 1 aliphatic heterocycles. The Hall–Kier alpha value is -3.38. The van der Waals surface area contributed by atoms with Crippen LogP contribution in [0.4, 0.5) is 11.4 Å². The predicted molar refractivity (Wildman–Crippen MR) is 131 cm³/mol. The average Bonchev–Trinajstić information content (AvgIpc) is 3.10. The smallest absolute Gasteiger partial charge is 0.255 e. The summed E-state index contributed by atoms with van der Waals surface area (Å²) >= 11 is 0. The van der Waals surface area contributed by atoms with Gasteiger partial charge >= 0.3 is 0 Å². The molecule has 1 atom stereocenters. The largest absolute Gasteiger partial charge is 0.388 e. The van der Waals surface area contributed by atoms with E-state index in [0.717, 1.165) is 23.4 Å². The van der Waals surface area contributed by atoms with Crippen molar-refractivity contribution in [2.75, 3.05) is 31.2 Å². The highest BCUT2D eigenvalue weighted by Gasteiger charge is 2.35. The van der Waals surface area contributed by atoms with Gasteiger partial charge in [-0.1, -0.05) is 56.4 Å². The summed E-state index contributed by atoms with van der Waals surface area (Å²) in [5, 5.41) is 2.01. The molecule has 2 aromatic rings. The zero-order chi connectivity index (χ0) is 23.5. The fourth-order valence-corrected chi connectivity index (χ4v) is 3.74. The van der Waals surface area contributed by atoms with Gasteiger partial charge in [-0.25, -0.2) is 0 Å². The van der Waals surface area contributed by atoms with Gasteiger partial charge in [-0.3, -0.25) is 19.4 Å². The standard InChI is InChI=1S/C22H21N3O2.C2H6O.C2H6/c1-23-18-11-6-7-12-20(18)25(22(27)17-9-4-2-3-5-10-17)21(14-16-26)19-13-8-15-24(19)23;1-3-2;1-2/h2-9,11-13,15-16,21H,10,14H2,1H3;1-2H3;1-2H3. The Labute approximate surface area is 191 Å². The number of anilines is 2. The van der Waals surface area contributed by atoms with Crippen LogP contribution in [0.3, 0.4) is 0 Å². The molecule has 1 aromatic carbocycles. The van der Waals surface area contributed by atoms with Crippen LogP contribution < -0.4 is 9.91 Å². The lowest BCUT2D eigenvalue weighted by Gasteiger charge is -2.30. The first kappa shape index (κ1) is 24.9. The van der Waals surface area contributed by atoms with Crippen molar-refractivity contribution >= 4 is 23.6 Å². The summed E-state index contributed by atoms with van der Waals surface area (Å²) in [5.41, 5.74) is 3.33. The molecule has 1 aromatic heterocycles. The molecule has 2 heterocycles. The number of benzene rings is 1. The number of aldehydes is 1. The molecule has 4 rings (SSSR count). The number of rotatable bonds is 3. The molecule has 0 saturated heterocycles. The van der Waals surface area contributed by atoms with E-state index in [1.165, 1.54) is 0 Å². The topological polar surface area (TPSA) is 54.8 Å². The maximum Gasteiger partial charge on any atom is 0.255 e. The number of carbonyl (C=O) groups is 2. The minimum atomic E-state index is -0.367. The second-order valence-corrected chi connectivity index (χ2v) is 7.00. The van der Waals surface area contributed by atoms with Gasteiger partial charge < -0.3 is 9.53 Å². The van der Waals surface area contributed by atoms with Crippen molar-refractivity contribution in [1.29, 1.82) is 0 Å². The van der Waals surface area contributed by atoms with Crippen molar-refractivity contribution in [3.8, 4) is 0 Å². The molecule has 32 heavy (non-hydrogen) atoms. The Kier molecular flexibility index (Phi) is 9.70. The van der Waals surface area contributed by atoms with E-state index < -0.39 is 0 Å². The van der Waals surface area contributed by atoms with Gasteiger partial charge in [0.05, 0.1) is 23.1 Å². The first-order chi connectivity index (χ1) is 15.6. The molecule has 1 aliphatic carbocycles. The summed E-state index contributed by atoms with van der Waals surface area (Å²) < 4.78 is 6.25. The van der Waals surface area contributed by atoms with Gasteiger partial charge in [0.25, 0.3) is 5.91 Å². The van der Waals surface area contributed by atoms with E-state index >= 15 is 0 Å². The van der Waals surface area contributed by atoms with Gasteiger partial charge in [-0.2, -0.15) is 0 Å². The molecule has 6 nitrogen and oxygen atoms in total. The molecule has 1 amide bonds. The maximum absolute atomic E-state index is 13.6. The van der Waals surface area contributed by atoms with Crippen molar-refractivity contribution < 1.29 is 14.3 Å². The van der Waals surface area contributed by atoms with E-state index in [4.69, 9.17) is 0 Å². The highest BCUT2D eigenvalue weighted by Crippen LogP contribution is 2.41. The molecule has 1 unspecified atom stereocenters. The Morgan fingerprint density at radius 2 is 1.75 bits per heavy atom. The van der Waals surface area contributed by atoms with E-state index in [1.54, 1.807) is 19.1 Å². The number of aromatic nitrogens is 1. The van der Waals surface area contributed by atoms with Crippen LogP contribution in [0.2, 0.25) is 0 Å². The normalized spacial score (nSPS) is 16.2. The molecule has 170 valence electrons. The quantitative estimate of drug-likeness (QED) is 0.630. The number of carbonyl (C=O) groups excluding carboxylic acids is 2. The molecule has 0 bridgehead atoms. The Balaban J connectivity index is 0.000000671. The highest BCUT2D eigenvalue weighted by molar-refractivity contribution is 6.08. The molecule has 6 heteroatoms. The van der Waals surface area contributed by atoms with Gasteiger partial charge in [0.1, 0.15) is 6.29 Å². The number of nitrogens with zero attached hydrogens (tertiary/aromatic N) is 3. The lowest BCUT2D eigenvalue weighted by atomic mass is 10.0. The van der Waals surface area contributed by atoms with Crippen LogP contribution in [-0.2, 0) is 14.3 Å². The Morgan fingerprint density at radius 1 is 1.06 bits per heavy atom. The monoisotopic (exact) mass is 435 g/mol. The van der Waals surface area contributed by atoms with Crippen LogP contribution in [0, 0.1) is 0 Å². The SMILES string of the molecule is CC.CN1c2ccccc2N(C(=O)C2=CC=CC=CC2)C(CC=O)c2cccn21.COC. The fourth-order valence-electron chi connectivity index (χ4n) is 3.74. The average molecular weight is 436 g/mol. The summed E-state index contributed by atoms with van der Waals surface area (Å²) in [7, 11) is 5.21. The molecule has 0 N–H and O–H groups in total. The number of methoxy groups -OCH3 is 1. The number of ether oxygens (including phenoxy) is 1. The zero-order valence-corrected chi connectivity index (χ0v) is 19.6. The van der Waals surface area contributed by atoms with Gasteiger partial charge in [0, 0.05) is 39.5 Å². The van der Waals surface area contributed by atoms with Crippen molar-refractivity contribution in [2.24, 2.45) is 0 Å². The van der Waals surface area contributed by atoms with E-state index in [1.807, 2.05) is 104 Å². The van der Waals surface area contributed by atoms with Crippen molar-refractivity contribution in [3.63, 3.8) is 0 Å². The van der Waals surface area contributed by atoms with Crippen LogP contribution in [-0.4, -0.2) is 38.1 Å². The number of fused-ring (bicyclic) bond motifs is 2. The lowest BCUT2D eigenvalue weighted by Crippen LogP contribution is -2.36. The highest BCUT2D eigenvalue weighted by atomic mass is 16.4. The van der Waals surface area contributed by atoms with Crippen LogP contribution in [0.15, 0.2) is 78.5 Å². The molecule has 0 fully saturated rings. The molecule has 0 radical (unpaired) electrons. The third-order valence-corrected chi connectivity index (χ3v) is 5.03. The third-order valence-electron chi connectivity index (χ3n) is 5.03. The van der Waals surface area contributed by atoms with E-state index in [9.17, 15) is 9.59 Å². The summed E-state index contributed by atoms with van der Waals surface area (Å²) in [5.74, 6) is -0.0754. The minimum absolute atomic E-state index is 0.0754. The maximum atomic E-state index is 13.6. The van der Waals surface area contributed by atoms with Gasteiger partial charge in [-0.15, -0.1) is 0 Å². The van der Waals surface area contributed by atoms with Gasteiger partial charge in [0.15, 0.2) is 0 Å². The van der Waals surface area contributed by atoms with E-state index in [-0.39, 0.29) is 18.4 Å². The minimum Gasteiger partial charge on any atom is -0.388 e. The number of para-hydroxylation sites is 2. The number of allylic oxidation sites excluding steroid dienone is 5. The second kappa shape index (κ2) is 12.5. The predicted octanol–water partition coefficient (Wildman–Crippen LogP) is 5.10. The molecule has 2 aliphatic rings.